The lowest BCUT2D eigenvalue weighted by Gasteiger charge is -2.19. The zero-order chi connectivity index (χ0) is 12.3. The molecular formula is C12H15BrFNO. The second-order valence-corrected chi connectivity index (χ2v) is 5.04. The summed E-state index contributed by atoms with van der Waals surface area (Å²) < 4.78 is 14.0. The van der Waals surface area contributed by atoms with E-state index in [4.69, 9.17) is 0 Å². The van der Waals surface area contributed by atoms with Crippen LogP contribution in [0.2, 0.25) is 0 Å². The average Bonchev–Trinajstić information content (AvgIpc) is 2.20. The molecule has 16 heavy (non-hydrogen) atoms. The first kappa shape index (κ1) is 13.2. The Bertz CT molecular complexity index is 393. The molecular weight excluding hydrogens is 273 g/mol. The predicted molar refractivity (Wildman–Crippen MR) is 65.9 cm³/mol. The Balaban J connectivity index is 2.92. The van der Waals surface area contributed by atoms with E-state index in [1.54, 1.807) is 19.2 Å². The molecule has 1 aromatic rings. The van der Waals surface area contributed by atoms with Crippen molar-refractivity contribution in [2.75, 3.05) is 13.6 Å². The van der Waals surface area contributed by atoms with Gasteiger partial charge in [0, 0.05) is 13.6 Å². The highest BCUT2D eigenvalue weighted by molar-refractivity contribution is 9.10. The number of hydrogen-bond acceptors (Lipinski definition) is 1. The minimum absolute atomic E-state index is 0.109. The summed E-state index contributed by atoms with van der Waals surface area (Å²) in [5, 5.41) is 0. The third-order valence-corrected chi connectivity index (χ3v) is 2.78. The Morgan fingerprint density at radius 2 is 2.12 bits per heavy atom. The van der Waals surface area contributed by atoms with E-state index < -0.39 is 5.82 Å². The number of rotatable bonds is 3. The van der Waals surface area contributed by atoms with Crippen LogP contribution in [0.5, 0.6) is 0 Å². The number of hydrogen-bond donors (Lipinski definition) is 0. The van der Waals surface area contributed by atoms with Crippen LogP contribution < -0.4 is 0 Å². The molecule has 2 nitrogen and oxygen atoms in total. The summed E-state index contributed by atoms with van der Waals surface area (Å²) in [5.74, 6) is -0.417. The molecule has 0 saturated heterocycles. The van der Waals surface area contributed by atoms with Crippen LogP contribution in [-0.2, 0) is 0 Å². The maximum Gasteiger partial charge on any atom is 0.256 e. The standard InChI is InChI=1S/C12H15BrFNO/c1-8(2)7-15(3)12(16)9-5-4-6-10(13)11(9)14/h4-6,8H,7H2,1-3H3. The van der Waals surface area contributed by atoms with Gasteiger partial charge in [-0.2, -0.15) is 0 Å². The van der Waals surface area contributed by atoms with Crippen LogP contribution in [-0.4, -0.2) is 24.4 Å². The van der Waals surface area contributed by atoms with Crippen LogP contribution in [0.25, 0.3) is 0 Å². The van der Waals surface area contributed by atoms with E-state index in [1.165, 1.54) is 11.0 Å². The van der Waals surface area contributed by atoms with Gasteiger partial charge in [0.05, 0.1) is 10.0 Å². The number of carbonyl (C=O) groups is 1. The minimum Gasteiger partial charge on any atom is -0.341 e. The largest absolute Gasteiger partial charge is 0.341 e. The molecule has 0 aliphatic rings. The van der Waals surface area contributed by atoms with Crippen molar-refractivity contribution in [3.8, 4) is 0 Å². The van der Waals surface area contributed by atoms with Gasteiger partial charge in [-0.05, 0) is 34.0 Å². The zero-order valence-electron chi connectivity index (χ0n) is 9.63. The Morgan fingerprint density at radius 3 is 2.69 bits per heavy atom. The fraction of sp³-hybridized carbons (Fsp3) is 0.417. The van der Waals surface area contributed by atoms with Crippen molar-refractivity contribution in [2.45, 2.75) is 13.8 Å². The van der Waals surface area contributed by atoms with Gasteiger partial charge >= 0.3 is 0 Å². The zero-order valence-corrected chi connectivity index (χ0v) is 11.2. The second kappa shape index (κ2) is 5.43. The summed E-state index contributed by atoms with van der Waals surface area (Å²) in [7, 11) is 1.68. The molecule has 0 aromatic heterocycles. The van der Waals surface area contributed by atoms with Gasteiger partial charge in [0.15, 0.2) is 0 Å². The Morgan fingerprint density at radius 1 is 1.50 bits per heavy atom. The van der Waals surface area contributed by atoms with Gasteiger partial charge in [-0.25, -0.2) is 4.39 Å². The van der Waals surface area contributed by atoms with Gasteiger partial charge in [0.1, 0.15) is 5.82 Å². The SMILES string of the molecule is CC(C)CN(C)C(=O)c1cccc(Br)c1F. The van der Waals surface area contributed by atoms with Crippen LogP contribution in [0.1, 0.15) is 24.2 Å². The molecule has 0 saturated carbocycles. The van der Waals surface area contributed by atoms with E-state index in [-0.39, 0.29) is 11.5 Å². The smallest absolute Gasteiger partial charge is 0.256 e. The van der Waals surface area contributed by atoms with Gasteiger partial charge < -0.3 is 4.90 Å². The second-order valence-electron chi connectivity index (χ2n) is 4.18. The van der Waals surface area contributed by atoms with Crippen LogP contribution in [0, 0.1) is 11.7 Å². The van der Waals surface area contributed by atoms with Crippen molar-refractivity contribution in [3.05, 3.63) is 34.1 Å². The third-order valence-electron chi connectivity index (χ3n) is 2.17. The molecule has 0 N–H and O–H groups in total. The van der Waals surface area contributed by atoms with Gasteiger partial charge in [-0.3, -0.25) is 4.79 Å². The summed E-state index contributed by atoms with van der Waals surface area (Å²) in [6, 6.07) is 4.73. The van der Waals surface area contributed by atoms with Crippen molar-refractivity contribution in [2.24, 2.45) is 5.92 Å². The summed E-state index contributed by atoms with van der Waals surface area (Å²) >= 11 is 3.07. The number of amides is 1. The van der Waals surface area contributed by atoms with Gasteiger partial charge in [0.2, 0.25) is 0 Å². The highest BCUT2D eigenvalue weighted by Gasteiger charge is 2.17. The van der Waals surface area contributed by atoms with Crippen molar-refractivity contribution < 1.29 is 9.18 Å². The monoisotopic (exact) mass is 287 g/mol. The van der Waals surface area contributed by atoms with Gasteiger partial charge in [-0.15, -0.1) is 0 Å². The molecule has 0 aliphatic carbocycles. The van der Waals surface area contributed by atoms with Crippen LogP contribution in [0.15, 0.2) is 22.7 Å². The maximum atomic E-state index is 13.7. The molecule has 1 rings (SSSR count). The molecule has 0 atom stereocenters. The highest BCUT2D eigenvalue weighted by Crippen LogP contribution is 2.19. The van der Waals surface area contributed by atoms with Gasteiger partial charge in [0.25, 0.3) is 5.91 Å². The van der Waals surface area contributed by atoms with E-state index in [2.05, 4.69) is 15.9 Å². The van der Waals surface area contributed by atoms with E-state index in [0.29, 0.717) is 16.9 Å². The molecule has 0 unspecified atom stereocenters. The lowest BCUT2D eigenvalue weighted by Crippen LogP contribution is -2.30. The highest BCUT2D eigenvalue weighted by atomic mass is 79.9. The van der Waals surface area contributed by atoms with Crippen LogP contribution >= 0.6 is 15.9 Å². The fourth-order valence-corrected chi connectivity index (χ4v) is 1.87. The van der Waals surface area contributed by atoms with E-state index in [9.17, 15) is 9.18 Å². The Labute approximate surface area is 104 Å². The molecule has 0 spiro atoms. The first-order valence-electron chi connectivity index (χ1n) is 5.13. The quantitative estimate of drug-likeness (QED) is 0.835. The van der Waals surface area contributed by atoms with Crippen LogP contribution in [0.4, 0.5) is 4.39 Å². The van der Waals surface area contributed by atoms with E-state index >= 15 is 0 Å². The number of carbonyl (C=O) groups excluding carboxylic acids is 1. The molecule has 1 amide bonds. The maximum absolute atomic E-state index is 13.7. The summed E-state index contributed by atoms with van der Waals surface area (Å²) in [4.78, 5) is 13.5. The van der Waals surface area contributed by atoms with E-state index in [1.807, 2.05) is 13.8 Å². The summed E-state index contributed by atoms with van der Waals surface area (Å²) in [6.07, 6.45) is 0. The predicted octanol–water partition coefficient (Wildman–Crippen LogP) is 3.32. The summed E-state index contributed by atoms with van der Waals surface area (Å²) in [6.45, 7) is 4.65. The van der Waals surface area contributed by atoms with Gasteiger partial charge in [-0.1, -0.05) is 19.9 Å². The van der Waals surface area contributed by atoms with E-state index in [0.717, 1.165) is 0 Å². The molecule has 88 valence electrons. The molecule has 0 radical (unpaired) electrons. The number of nitrogens with zero attached hydrogens (tertiary/aromatic N) is 1. The lowest BCUT2D eigenvalue weighted by molar-refractivity contribution is 0.0774. The first-order chi connectivity index (χ1) is 7.43. The van der Waals surface area contributed by atoms with Crippen molar-refractivity contribution in [1.29, 1.82) is 0 Å². The first-order valence-corrected chi connectivity index (χ1v) is 5.92. The molecule has 4 heteroatoms. The fourth-order valence-electron chi connectivity index (χ4n) is 1.51. The topological polar surface area (TPSA) is 20.3 Å². The van der Waals surface area contributed by atoms with Crippen molar-refractivity contribution in [3.63, 3.8) is 0 Å². The van der Waals surface area contributed by atoms with Crippen LogP contribution in [0.3, 0.4) is 0 Å². The Kier molecular flexibility index (Phi) is 4.47. The minimum atomic E-state index is -0.497. The molecule has 1 aromatic carbocycles. The molecule has 0 aliphatic heterocycles. The summed E-state index contributed by atoms with van der Waals surface area (Å²) in [5.41, 5.74) is 0.109. The number of benzene rings is 1. The third kappa shape index (κ3) is 3.04. The molecule has 0 bridgehead atoms. The average molecular weight is 288 g/mol. The van der Waals surface area contributed by atoms with Crippen molar-refractivity contribution in [1.82, 2.24) is 4.90 Å². The molecule has 0 fully saturated rings. The molecule has 0 heterocycles. The van der Waals surface area contributed by atoms with Crippen molar-refractivity contribution >= 4 is 21.8 Å². The lowest BCUT2D eigenvalue weighted by atomic mass is 10.1. The normalized spacial score (nSPS) is 10.6. The number of halogens is 2. The Hall–Kier alpha value is -0.900.